The van der Waals surface area contributed by atoms with Gasteiger partial charge in [0.1, 0.15) is 0 Å². The Morgan fingerprint density at radius 2 is 1.49 bits per heavy atom. The molecule has 0 bridgehead atoms. The van der Waals surface area contributed by atoms with Gasteiger partial charge in [0, 0.05) is 80.0 Å². The highest BCUT2D eigenvalue weighted by molar-refractivity contribution is 7.89. The van der Waals surface area contributed by atoms with E-state index >= 15 is 0 Å². The van der Waals surface area contributed by atoms with Crippen molar-refractivity contribution >= 4 is 21.8 Å². The minimum Gasteiger partial charge on any atom is -0.477 e. The highest BCUT2D eigenvalue weighted by atomic mass is 32.2. The molecule has 3 aliphatic heterocycles. The molecule has 1 aromatic carbocycles. The molecule has 1 aromatic heterocycles. The van der Waals surface area contributed by atoms with E-state index in [1.807, 2.05) is 11.0 Å². The Labute approximate surface area is 228 Å². The summed E-state index contributed by atoms with van der Waals surface area (Å²) < 4.78 is 34.5. The molecule has 2 atom stereocenters. The average Bonchev–Trinajstić information content (AvgIpc) is 3.61. The van der Waals surface area contributed by atoms with E-state index < -0.39 is 10.0 Å². The molecule has 4 heterocycles. The van der Waals surface area contributed by atoms with Gasteiger partial charge in [-0.1, -0.05) is 0 Å². The second-order valence-corrected chi connectivity index (χ2v) is 12.8. The van der Waals surface area contributed by atoms with E-state index in [-0.39, 0.29) is 28.5 Å². The van der Waals surface area contributed by atoms with Gasteiger partial charge in [-0.05, 0) is 61.9 Å². The first-order valence-corrected chi connectivity index (χ1v) is 15.2. The number of rotatable bonds is 7. The number of benzene rings is 1. The molecular formula is C28H34N4O6S. The summed E-state index contributed by atoms with van der Waals surface area (Å²) in [5, 5.41) is 5.16. The Morgan fingerprint density at radius 1 is 0.897 bits per heavy atom. The van der Waals surface area contributed by atoms with Crippen LogP contribution in [0, 0.1) is 17.8 Å². The number of primary sulfonamides is 1. The van der Waals surface area contributed by atoms with Crippen molar-refractivity contribution in [1.82, 2.24) is 14.8 Å². The van der Waals surface area contributed by atoms with Gasteiger partial charge in [-0.2, -0.15) is 0 Å². The number of ether oxygens (including phenoxy) is 2. The maximum Gasteiger partial charge on any atom is 0.254 e. The normalized spacial score (nSPS) is 23.6. The minimum atomic E-state index is -3.81. The van der Waals surface area contributed by atoms with E-state index in [2.05, 4.69) is 0 Å². The van der Waals surface area contributed by atoms with Crippen LogP contribution in [0.15, 0.2) is 41.3 Å². The molecule has 3 saturated heterocycles. The molecule has 1 saturated carbocycles. The number of sulfonamides is 1. The fraction of sp³-hybridized carbons (Fsp3) is 0.536. The zero-order chi connectivity index (χ0) is 27.1. The van der Waals surface area contributed by atoms with Crippen molar-refractivity contribution in [3.8, 4) is 5.88 Å². The summed E-state index contributed by atoms with van der Waals surface area (Å²) in [5.74, 6) is 1.63. The molecule has 11 heteroatoms. The van der Waals surface area contributed by atoms with Crippen LogP contribution in [0.5, 0.6) is 5.88 Å². The molecule has 2 aromatic rings. The van der Waals surface area contributed by atoms with Gasteiger partial charge in [0.05, 0.1) is 11.5 Å². The van der Waals surface area contributed by atoms with Crippen LogP contribution in [0.25, 0.3) is 0 Å². The molecule has 6 rings (SSSR count). The summed E-state index contributed by atoms with van der Waals surface area (Å²) >= 11 is 0. The Bertz CT molecular complexity index is 1340. The number of carbonyl (C=O) groups excluding carboxylic acids is 2. The number of aromatic nitrogens is 1. The van der Waals surface area contributed by atoms with Gasteiger partial charge in [-0.3, -0.25) is 9.59 Å². The molecule has 1 unspecified atom stereocenters. The monoisotopic (exact) mass is 554 g/mol. The molecular weight excluding hydrogens is 520 g/mol. The molecule has 4 fully saturated rings. The highest BCUT2D eigenvalue weighted by Crippen LogP contribution is 2.40. The molecule has 1 aliphatic carbocycles. The van der Waals surface area contributed by atoms with Crippen LogP contribution in [0.3, 0.4) is 0 Å². The lowest BCUT2D eigenvalue weighted by Gasteiger charge is -2.23. The van der Waals surface area contributed by atoms with Crippen molar-refractivity contribution in [3.05, 3.63) is 53.2 Å². The van der Waals surface area contributed by atoms with Crippen molar-refractivity contribution in [2.24, 2.45) is 22.9 Å². The van der Waals surface area contributed by atoms with Crippen LogP contribution >= 0.6 is 0 Å². The molecule has 4 aliphatic rings. The summed E-state index contributed by atoms with van der Waals surface area (Å²) in [4.78, 5) is 35.0. The topological polar surface area (TPSA) is 132 Å². The second kappa shape index (κ2) is 10.5. The van der Waals surface area contributed by atoms with Crippen LogP contribution in [0.2, 0.25) is 0 Å². The van der Waals surface area contributed by atoms with E-state index in [0.29, 0.717) is 61.6 Å². The predicted octanol–water partition coefficient (Wildman–Crippen LogP) is 2.26. The van der Waals surface area contributed by atoms with Crippen molar-refractivity contribution in [1.29, 1.82) is 0 Å². The Morgan fingerprint density at radius 3 is 2.05 bits per heavy atom. The van der Waals surface area contributed by atoms with E-state index in [1.54, 1.807) is 11.0 Å². The average molecular weight is 555 g/mol. The highest BCUT2D eigenvalue weighted by Gasteiger charge is 2.43. The number of nitrogens with two attached hydrogens (primary N) is 1. The molecule has 0 radical (unpaired) electrons. The quantitative estimate of drug-likeness (QED) is 0.555. The third kappa shape index (κ3) is 5.80. The standard InChI is InChI=1S/C28H34N4O6S/c29-39(35,36)24-5-3-20(4-6-24)27(33)31-13-22-15-32(16-23(22)14-31)28(34)21-11-25(19-1-2-19)30-26(12-21)38-17-18-7-9-37-10-8-18/h3-6,11-12,18-19,22-23H,1-2,7-10,13-17H2,(H2,29,35,36)/t22-,23?/m0/s1. The van der Waals surface area contributed by atoms with E-state index in [9.17, 15) is 18.0 Å². The van der Waals surface area contributed by atoms with Crippen molar-refractivity contribution in [3.63, 3.8) is 0 Å². The van der Waals surface area contributed by atoms with Crippen molar-refractivity contribution < 1.29 is 27.5 Å². The van der Waals surface area contributed by atoms with Gasteiger partial charge in [0.2, 0.25) is 15.9 Å². The molecule has 39 heavy (non-hydrogen) atoms. The third-order valence-corrected chi connectivity index (χ3v) is 9.29. The van der Waals surface area contributed by atoms with E-state index in [4.69, 9.17) is 19.6 Å². The fourth-order valence-electron chi connectivity index (χ4n) is 5.90. The van der Waals surface area contributed by atoms with Crippen LogP contribution in [0.1, 0.15) is 58.0 Å². The zero-order valence-electron chi connectivity index (χ0n) is 21.8. The smallest absolute Gasteiger partial charge is 0.254 e. The number of carbonyl (C=O) groups is 2. The minimum absolute atomic E-state index is 0.0129. The van der Waals surface area contributed by atoms with E-state index in [1.165, 1.54) is 24.3 Å². The first kappa shape index (κ1) is 26.2. The Balaban J connectivity index is 1.09. The van der Waals surface area contributed by atoms with Crippen LogP contribution in [-0.2, 0) is 14.8 Å². The summed E-state index contributed by atoms with van der Waals surface area (Å²) in [6, 6.07) is 9.40. The number of hydrogen-bond acceptors (Lipinski definition) is 7. The predicted molar refractivity (Wildman–Crippen MR) is 142 cm³/mol. The molecule has 208 valence electrons. The number of pyridine rings is 1. The Kier molecular flexibility index (Phi) is 7.07. The van der Waals surface area contributed by atoms with Crippen molar-refractivity contribution in [2.75, 3.05) is 46.0 Å². The summed E-state index contributed by atoms with van der Waals surface area (Å²) in [7, 11) is -3.81. The third-order valence-electron chi connectivity index (χ3n) is 8.36. The zero-order valence-corrected chi connectivity index (χ0v) is 22.6. The maximum absolute atomic E-state index is 13.6. The summed E-state index contributed by atoms with van der Waals surface area (Å²) in [6.45, 7) is 4.42. The van der Waals surface area contributed by atoms with Crippen LogP contribution in [0.4, 0.5) is 0 Å². The first-order valence-electron chi connectivity index (χ1n) is 13.7. The van der Waals surface area contributed by atoms with Gasteiger partial charge in [0.15, 0.2) is 0 Å². The van der Waals surface area contributed by atoms with Gasteiger partial charge >= 0.3 is 0 Å². The van der Waals surface area contributed by atoms with Gasteiger partial charge < -0.3 is 19.3 Å². The summed E-state index contributed by atoms with van der Waals surface area (Å²) in [5.41, 5.74) is 1.98. The number of fused-ring (bicyclic) bond motifs is 1. The first-order chi connectivity index (χ1) is 18.7. The largest absolute Gasteiger partial charge is 0.477 e. The lowest BCUT2D eigenvalue weighted by molar-refractivity contribution is 0.0490. The Hall–Kier alpha value is -3.02. The van der Waals surface area contributed by atoms with Crippen LogP contribution < -0.4 is 9.88 Å². The fourth-order valence-corrected chi connectivity index (χ4v) is 6.42. The lowest BCUT2D eigenvalue weighted by Crippen LogP contribution is -2.35. The SMILES string of the molecule is NS(=O)(=O)c1ccc(C(=O)N2CC3CN(C(=O)c4cc(OCC5CCOCC5)nc(C5CC5)c4)C[C@@H]3C2)cc1. The lowest BCUT2D eigenvalue weighted by atomic mass is 10.0. The molecule has 0 spiro atoms. The number of hydrogen-bond donors (Lipinski definition) is 1. The van der Waals surface area contributed by atoms with Gasteiger partial charge in [0.25, 0.3) is 11.8 Å². The van der Waals surface area contributed by atoms with E-state index in [0.717, 1.165) is 44.6 Å². The van der Waals surface area contributed by atoms with Gasteiger partial charge in [-0.15, -0.1) is 0 Å². The second-order valence-electron chi connectivity index (χ2n) is 11.3. The van der Waals surface area contributed by atoms with Crippen LogP contribution in [-0.4, -0.2) is 81.0 Å². The number of nitrogens with zero attached hydrogens (tertiary/aromatic N) is 3. The number of amides is 2. The summed E-state index contributed by atoms with van der Waals surface area (Å²) in [6.07, 6.45) is 4.13. The van der Waals surface area contributed by atoms with Gasteiger partial charge in [-0.25, -0.2) is 18.5 Å². The molecule has 10 nitrogen and oxygen atoms in total. The molecule has 2 amide bonds. The maximum atomic E-state index is 13.6. The number of likely N-dealkylation sites (tertiary alicyclic amines) is 2. The molecule has 2 N–H and O–H groups in total. The van der Waals surface area contributed by atoms with Crippen molar-refractivity contribution in [2.45, 2.75) is 36.5 Å².